The third kappa shape index (κ3) is 6.03. The topological polar surface area (TPSA) is 23.4 Å². The zero-order chi connectivity index (χ0) is 23.1. The minimum Gasteiger partial charge on any atom is -0.347 e. The maximum atomic E-state index is 6.34. The van der Waals surface area contributed by atoms with Gasteiger partial charge in [-0.3, -0.25) is 0 Å². The molecule has 2 aromatic carbocycles. The Morgan fingerprint density at radius 1 is 1.06 bits per heavy atom. The molecule has 0 aliphatic rings. The third-order valence-corrected chi connectivity index (χ3v) is 6.85. The highest BCUT2D eigenvalue weighted by Crippen LogP contribution is 2.24. The monoisotopic (exact) mass is 470 g/mol. The Morgan fingerprint density at radius 2 is 1.81 bits per heavy atom. The number of aryl methyl sites for hydroxylation is 2. The lowest BCUT2D eigenvalue weighted by Crippen LogP contribution is -2.36. The fraction of sp³-hybridized carbons (Fsp3) is 0.423. The quantitative estimate of drug-likeness (QED) is 0.339. The molecule has 1 aromatic heterocycles. The van der Waals surface area contributed by atoms with Crippen molar-refractivity contribution in [2.45, 2.75) is 47.2 Å². The van der Waals surface area contributed by atoms with Crippen molar-refractivity contribution in [1.82, 2.24) is 14.4 Å². The molecule has 0 fully saturated rings. The molecule has 0 unspecified atom stereocenters. The number of aromatic nitrogens is 1. The molecule has 1 heterocycles. The lowest BCUT2D eigenvalue weighted by atomic mass is 10.1. The molecule has 0 radical (unpaired) electrons. The molecule has 3 aromatic rings. The van der Waals surface area contributed by atoms with E-state index in [9.17, 15) is 0 Å². The van der Waals surface area contributed by atoms with Gasteiger partial charge in [-0.1, -0.05) is 49.7 Å². The number of fused-ring (bicyclic) bond motifs is 1. The fourth-order valence-electron chi connectivity index (χ4n) is 4.07. The SMILES string of the molecule is CCN(CC)CCCN(Cc1cn(CC)c2ccccc12)C(=S)Nc1ccc(C)c(Cl)c1. The third-order valence-electron chi connectivity index (χ3n) is 6.08. The van der Waals surface area contributed by atoms with Crippen LogP contribution in [-0.2, 0) is 13.1 Å². The Bertz CT molecular complexity index is 1040. The van der Waals surface area contributed by atoms with Gasteiger partial charge in [-0.05, 0) is 81.4 Å². The second kappa shape index (κ2) is 11.7. The number of benzene rings is 2. The van der Waals surface area contributed by atoms with Gasteiger partial charge in [0.1, 0.15) is 0 Å². The van der Waals surface area contributed by atoms with E-state index < -0.39 is 0 Å². The summed E-state index contributed by atoms with van der Waals surface area (Å²) in [5.74, 6) is 0. The maximum Gasteiger partial charge on any atom is 0.173 e. The van der Waals surface area contributed by atoms with Crippen molar-refractivity contribution in [3.05, 3.63) is 64.8 Å². The van der Waals surface area contributed by atoms with Crippen molar-refractivity contribution in [2.24, 2.45) is 0 Å². The Labute approximate surface area is 203 Å². The van der Waals surface area contributed by atoms with Crippen molar-refractivity contribution in [1.29, 1.82) is 0 Å². The number of hydrogen-bond donors (Lipinski definition) is 1. The molecule has 0 amide bonds. The minimum absolute atomic E-state index is 0.734. The second-order valence-corrected chi connectivity index (χ2v) is 8.95. The number of thiocarbonyl (C=S) groups is 1. The number of anilines is 1. The minimum atomic E-state index is 0.734. The van der Waals surface area contributed by atoms with Gasteiger partial charge in [-0.15, -0.1) is 0 Å². The normalized spacial score (nSPS) is 11.3. The van der Waals surface area contributed by atoms with E-state index in [0.717, 1.165) is 67.1 Å². The average molecular weight is 471 g/mol. The van der Waals surface area contributed by atoms with Crippen LogP contribution in [0.1, 0.15) is 38.3 Å². The van der Waals surface area contributed by atoms with Crippen LogP contribution in [0.2, 0.25) is 5.02 Å². The molecule has 0 saturated carbocycles. The van der Waals surface area contributed by atoms with Gasteiger partial charge >= 0.3 is 0 Å². The van der Waals surface area contributed by atoms with Gasteiger partial charge in [-0.25, -0.2) is 0 Å². The lowest BCUT2D eigenvalue weighted by molar-refractivity contribution is 0.281. The smallest absolute Gasteiger partial charge is 0.173 e. The second-order valence-electron chi connectivity index (χ2n) is 8.15. The van der Waals surface area contributed by atoms with Gasteiger partial charge in [0.15, 0.2) is 5.11 Å². The summed E-state index contributed by atoms with van der Waals surface area (Å²) in [6.45, 7) is 14.5. The number of halogens is 1. The summed E-state index contributed by atoms with van der Waals surface area (Å²) in [5.41, 5.74) is 4.57. The molecule has 0 aliphatic carbocycles. The van der Waals surface area contributed by atoms with Crippen molar-refractivity contribution >= 4 is 45.5 Å². The van der Waals surface area contributed by atoms with E-state index in [4.69, 9.17) is 23.8 Å². The standard InChI is InChI=1S/C26H35ClN4S/c1-5-29(6-2)15-10-16-31(26(32)28-22-14-13-20(4)24(27)17-22)19-21-18-30(7-3)25-12-9-8-11-23(21)25/h8-9,11-14,17-18H,5-7,10,15-16,19H2,1-4H3,(H,28,32). The van der Waals surface area contributed by atoms with Crippen LogP contribution in [0.15, 0.2) is 48.7 Å². The zero-order valence-corrected chi connectivity index (χ0v) is 21.3. The van der Waals surface area contributed by atoms with Crippen LogP contribution in [0.4, 0.5) is 5.69 Å². The van der Waals surface area contributed by atoms with E-state index in [-0.39, 0.29) is 0 Å². The van der Waals surface area contributed by atoms with E-state index >= 15 is 0 Å². The van der Waals surface area contributed by atoms with Gasteiger partial charge in [0.25, 0.3) is 0 Å². The lowest BCUT2D eigenvalue weighted by Gasteiger charge is -2.27. The van der Waals surface area contributed by atoms with Crippen molar-refractivity contribution in [3.8, 4) is 0 Å². The molecule has 6 heteroatoms. The largest absolute Gasteiger partial charge is 0.347 e. The molecule has 0 spiro atoms. The molecule has 0 atom stereocenters. The van der Waals surface area contributed by atoms with E-state index in [2.05, 4.69) is 70.9 Å². The number of nitrogens with zero attached hydrogens (tertiary/aromatic N) is 3. The van der Waals surface area contributed by atoms with Crippen LogP contribution in [0.5, 0.6) is 0 Å². The zero-order valence-electron chi connectivity index (χ0n) is 19.7. The summed E-state index contributed by atoms with van der Waals surface area (Å²) in [6.07, 6.45) is 3.33. The first-order valence-corrected chi connectivity index (χ1v) is 12.4. The Kier molecular flexibility index (Phi) is 8.97. The first kappa shape index (κ1) is 24.6. The van der Waals surface area contributed by atoms with Crippen LogP contribution in [0, 0.1) is 6.92 Å². The highest BCUT2D eigenvalue weighted by Gasteiger charge is 2.15. The summed E-state index contributed by atoms with van der Waals surface area (Å²) < 4.78 is 2.31. The number of nitrogens with one attached hydrogen (secondary N) is 1. The van der Waals surface area contributed by atoms with Gasteiger partial charge in [-0.2, -0.15) is 0 Å². The molecular weight excluding hydrogens is 436 g/mol. The van der Waals surface area contributed by atoms with Crippen molar-refractivity contribution in [3.63, 3.8) is 0 Å². The summed E-state index contributed by atoms with van der Waals surface area (Å²) in [4.78, 5) is 4.74. The Hall–Kier alpha value is -2.08. The summed E-state index contributed by atoms with van der Waals surface area (Å²) >= 11 is 12.2. The number of para-hydroxylation sites is 1. The molecule has 1 N–H and O–H groups in total. The summed E-state index contributed by atoms with van der Waals surface area (Å²) in [6, 6.07) is 14.6. The highest BCUT2D eigenvalue weighted by atomic mass is 35.5. The predicted octanol–water partition coefficient (Wildman–Crippen LogP) is 6.55. The molecule has 0 bridgehead atoms. The Balaban J connectivity index is 1.81. The molecule has 3 rings (SSSR count). The van der Waals surface area contributed by atoms with E-state index in [1.54, 1.807) is 0 Å². The van der Waals surface area contributed by atoms with Gasteiger partial charge < -0.3 is 19.7 Å². The van der Waals surface area contributed by atoms with Crippen molar-refractivity contribution in [2.75, 3.05) is 31.5 Å². The summed E-state index contributed by atoms with van der Waals surface area (Å²) in [7, 11) is 0. The highest BCUT2D eigenvalue weighted by molar-refractivity contribution is 7.80. The number of hydrogen-bond acceptors (Lipinski definition) is 2. The fourth-order valence-corrected chi connectivity index (χ4v) is 4.52. The van der Waals surface area contributed by atoms with Crippen LogP contribution in [0.3, 0.4) is 0 Å². The van der Waals surface area contributed by atoms with E-state index in [0.29, 0.717) is 0 Å². The van der Waals surface area contributed by atoms with Crippen LogP contribution < -0.4 is 5.32 Å². The Morgan fingerprint density at radius 3 is 2.50 bits per heavy atom. The first-order valence-electron chi connectivity index (χ1n) is 11.6. The van der Waals surface area contributed by atoms with Gasteiger partial charge in [0, 0.05) is 47.4 Å². The van der Waals surface area contributed by atoms with E-state index in [1.165, 1.54) is 16.5 Å². The average Bonchev–Trinajstić information content (AvgIpc) is 3.16. The molecular formula is C26H35ClN4S. The first-order chi connectivity index (χ1) is 15.5. The maximum absolute atomic E-state index is 6.34. The molecule has 0 saturated heterocycles. The molecule has 32 heavy (non-hydrogen) atoms. The molecule has 0 aliphatic heterocycles. The number of rotatable bonds is 10. The van der Waals surface area contributed by atoms with E-state index in [1.807, 2.05) is 25.1 Å². The predicted molar refractivity (Wildman–Crippen MR) is 143 cm³/mol. The van der Waals surface area contributed by atoms with Crippen molar-refractivity contribution < 1.29 is 0 Å². The van der Waals surface area contributed by atoms with Gasteiger partial charge in [0.05, 0.1) is 0 Å². The summed E-state index contributed by atoms with van der Waals surface area (Å²) in [5, 5.41) is 6.19. The van der Waals surface area contributed by atoms with Crippen LogP contribution in [0.25, 0.3) is 10.9 Å². The van der Waals surface area contributed by atoms with Crippen LogP contribution >= 0.6 is 23.8 Å². The van der Waals surface area contributed by atoms with Crippen LogP contribution in [-0.4, -0.2) is 45.7 Å². The molecule has 172 valence electrons. The molecule has 4 nitrogen and oxygen atoms in total. The van der Waals surface area contributed by atoms with Gasteiger partial charge in [0.2, 0.25) is 0 Å².